The lowest BCUT2D eigenvalue weighted by Crippen LogP contribution is -2.28. The highest BCUT2D eigenvalue weighted by Crippen LogP contribution is 2.33. The van der Waals surface area contributed by atoms with Crippen molar-refractivity contribution in [3.63, 3.8) is 0 Å². The van der Waals surface area contributed by atoms with Crippen LogP contribution in [0.3, 0.4) is 0 Å². The molecule has 38 heavy (non-hydrogen) atoms. The first kappa shape index (κ1) is 29.1. The SMILES string of the molecule is CC(C)c1c(C(=O)N(C)Cc2ccc(O)cc2)nn(-c2ccc(P)cc2)c1OCC(O)CC(O)CC(=O)O. The van der Waals surface area contributed by atoms with Gasteiger partial charge in [-0.2, -0.15) is 5.10 Å². The van der Waals surface area contributed by atoms with Crippen molar-refractivity contribution in [2.75, 3.05) is 13.7 Å². The lowest BCUT2D eigenvalue weighted by atomic mass is 10.0. The van der Waals surface area contributed by atoms with E-state index in [0.29, 0.717) is 17.8 Å². The largest absolute Gasteiger partial charge is 0.508 e. The van der Waals surface area contributed by atoms with Gasteiger partial charge in [-0.05, 0) is 41.1 Å². The number of aromatic hydroxyl groups is 1. The Labute approximate surface area is 223 Å². The molecule has 0 aliphatic carbocycles. The molecule has 3 unspecified atom stereocenters. The van der Waals surface area contributed by atoms with Gasteiger partial charge in [-0.3, -0.25) is 9.59 Å². The molecule has 1 amide bonds. The summed E-state index contributed by atoms with van der Waals surface area (Å²) in [7, 11) is 4.26. The van der Waals surface area contributed by atoms with E-state index < -0.39 is 24.6 Å². The van der Waals surface area contributed by atoms with E-state index in [9.17, 15) is 24.9 Å². The molecule has 1 aromatic heterocycles. The molecular formula is C27H34N3O7P. The summed E-state index contributed by atoms with van der Waals surface area (Å²) in [6, 6.07) is 14.0. The summed E-state index contributed by atoms with van der Waals surface area (Å²) in [4.78, 5) is 25.9. The van der Waals surface area contributed by atoms with Crippen molar-refractivity contribution in [1.29, 1.82) is 0 Å². The Morgan fingerprint density at radius 1 is 1.05 bits per heavy atom. The van der Waals surface area contributed by atoms with Gasteiger partial charge in [-0.15, -0.1) is 9.24 Å². The average Bonchev–Trinajstić information content (AvgIpc) is 3.23. The summed E-state index contributed by atoms with van der Waals surface area (Å²) >= 11 is 0. The maximum Gasteiger partial charge on any atom is 0.305 e. The first-order valence-corrected chi connectivity index (χ1v) is 12.8. The third-order valence-corrected chi connectivity index (χ3v) is 6.25. The first-order valence-electron chi connectivity index (χ1n) is 12.2. The maximum atomic E-state index is 13.6. The number of amides is 1. The van der Waals surface area contributed by atoms with E-state index in [0.717, 1.165) is 10.9 Å². The second-order valence-corrected chi connectivity index (χ2v) is 10.2. The Bertz CT molecular complexity index is 1240. The molecule has 0 bridgehead atoms. The van der Waals surface area contributed by atoms with Crippen LogP contribution in [0.1, 0.15) is 54.2 Å². The number of carboxylic acid groups (broad SMARTS) is 1. The molecule has 0 aliphatic heterocycles. The second-order valence-electron chi connectivity index (χ2n) is 9.51. The smallest absolute Gasteiger partial charge is 0.305 e. The Morgan fingerprint density at radius 2 is 1.68 bits per heavy atom. The zero-order valence-electron chi connectivity index (χ0n) is 21.6. The van der Waals surface area contributed by atoms with Crippen LogP contribution in [0.2, 0.25) is 0 Å². The third kappa shape index (κ3) is 7.54. The first-order chi connectivity index (χ1) is 18.0. The monoisotopic (exact) mass is 543 g/mol. The van der Waals surface area contributed by atoms with E-state index in [1.54, 1.807) is 31.3 Å². The molecule has 3 rings (SSSR count). The van der Waals surface area contributed by atoms with Gasteiger partial charge in [0.05, 0.1) is 24.3 Å². The fourth-order valence-corrected chi connectivity index (χ4v) is 4.18. The Morgan fingerprint density at radius 3 is 2.26 bits per heavy atom. The summed E-state index contributed by atoms with van der Waals surface area (Å²) in [6.45, 7) is 3.87. The van der Waals surface area contributed by atoms with Gasteiger partial charge < -0.3 is 30.1 Å². The Kier molecular flexibility index (Phi) is 9.85. The van der Waals surface area contributed by atoms with E-state index in [-0.39, 0.29) is 42.2 Å². The predicted octanol–water partition coefficient (Wildman–Crippen LogP) is 2.44. The lowest BCUT2D eigenvalue weighted by Gasteiger charge is -2.19. The van der Waals surface area contributed by atoms with Crippen molar-refractivity contribution >= 4 is 26.4 Å². The number of hydrogen-bond donors (Lipinski definition) is 4. The topological polar surface area (TPSA) is 145 Å². The number of phenols is 1. The number of nitrogens with zero attached hydrogens (tertiary/aromatic N) is 3. The molecule has 0 radical (unpaired) electrons. The van der Waals surface area contributed by atoms with Crippen LogP contribution in [0.4, 0.5) is 0 Å². The zero-order chi connectivity index (χ0) is 28.0. The van der Waals surface area contributed by atoms with Crippen molar-refractivity contribution in [1.82, 2.24) is 14.7 Å². The van der Waals surface area contributed by atoms with Crippen molar-refractivity contribution in [2.24, 2.45) is 0 Å². The molecule has 11 heteroatoms. The van der Waals surface area contributed by atoms with Crippen molar-refractivity contribution in [2.45, 2.75) is 51.4 Å². The van der Waals surface area contributed by atoms with Crippen molar-refractivity contribution < 1.29 is 34.8 Å². The molecule has 10 nitrogen and oxygen atoms in total. The summed E-state index contributed by atoms with van der Waals surface area (Å²) in [6.07, 6.45) is -3.03. The number of aliphatic hydroxyl groups excluding tert-OH is 2. The fourth-order valence-electron chi connectivity index (χ4n) is 3.99. The number of rotatable bonds is 12. The molecule has 1 heterocycles. The minimum Gasteiger partial charge on any atom is -0.508 e. The Balaban J connectivity index is 1.95. The molecule has 3 aromatic rings. The van der Waals surface area contributed by atoms with E-state index >= 15 is 0 Å². The molecule has 2 aromatic carbocycles. The van der Waals surface area contributed by atoms with E-state index in [1.165, 1.54) is 9.58 Å². The highest BCUT2D eigenvalue weighted by Gasteiger charge is 2.29. The Hall–Kier alpha value is -3.46. The van der Waals surface area contributed by atoms with Gasteiger partial charge in [0.2, 0.25) is 5.88 Å². The number of aliphatic carboxylic acids is 1. The van der Waals surface area contributed by atoms with Gasteiger partial charge in [-0.25, -0.2) is 4.68 Å². The van der Waals surface area contributed by atoms with Gasteiger partial charge in [0.25, 0.3) is 5.91 Å². The van der Waals surface area contributed by atoms with Gasteiger partial charge in [-0.1, -0.05) is 38.1 Å². The van der Waals surface area contributed by atoms with Crippen LogP contribution in [0.5, 0.6) is 11.6 Å². The molecule has 0 aliphatic rings. The highest BCUT2D eigenvalue weighted by molar-refractivity contribution is 7.27. The van der Waals surface area contributed by atoms with Crippen LogP contribution in [0, 0.1) is 0 Å². The van der Waals surface area contributed by atoms with Gasteiger partial charge >= 0.3 is 5.97 Å². The third-order valence-electron chi connectivity index (χ3n) is 5.87. The molecule has 204 valence electrons. The number of carbonyl (C=O) groups is 2. The minimum atomic E-state index is -1.22. The fraction of sp³-hybridized carbons (Fsp3) is 0.370. The van der Waals surface area contributed by atoms with E-state index in [1.807, 2.05) is 38.1 Å². The predicted molar refractivity (Wildman–Crippen MR) is 145 cm³/mol. The molecule has 0 spiro atoms. The number of carbonyl (C=O) groups excluding carboxylic acids is 1. The van der Waals surface area contributed by atoms with Gasteiger partial charge in [0.15, 0.2) is 5.69 Å². The quantitative estimate of drug-likeness (QED) is 0.255. The lowest BCUT2D eigenvalue weighted by molar-refractivity contribution is -0.139. The van der Waals surface area contributed by atoms with Crippen molar-refractivity contribution in [3.8, 4) is 17.3 Å². The molecule has 4 N–H and O–H groups in total. The summed E-state index contributed by atoms with van der Waals surface area (Å²) in [5.41, 5.74) is 2.24. The van der Waals surface area contributed by atoms with Crippen LogP contribution in [-0.2, 0) is 11.3 Å². The van der Waals surface area contributed by atoms with E-state index in [2.05, 4.69) is 14.3 Å². The minimum absolute atomic E-state index is 0.138. The standard InChI is InChI=1S/C27H34N3O7P/c1-16(2)24-25(26(36)29(3)14-17-4-8-19(31)9-5-17)28-30(18-6-10-22(38)11-7-18)27(24)37-15-21(33)12-20(32)13-23(34)35/h4-11,16,20-21,31-33H,12-15,38H2,1-3H3,(H,34,35). The number of ether oxygens (including phenoxy) is 1. The van der Waals surface area contributed by atoms with Crippen LogP contribution < -0.4 is 10.0 Å². The summed E-state index contributed by atoms with van der Waals surface area (Å²) in [5.74, 6) is -1.24. The number of benzene rings is 2. The van der Waals surface area contributed by atoms with E-state index in [4.69, 9.17) is 9.84 Å². The zero-order valence-corrected chi connectivity index (χ0v) is 22.8. The molecule has 0 saturated carbocycles. The summed E-state index contributed by atoms with van der Waals surface area (Å²) < 4.78 is 7.53. The van der Waals surface area contributed by atoms with Crippen LogP contribution in [0.25, 0.3) is 5.69 Å². The average molecular weight is 544 g/mol. The van der Waals surface area contributed by atoms with Gasteiger partial charge in [0, 0.05) is 25.6 Å². The molecule has 3 atom stereocenters. The van der Waals surface area contributed by atoms with Gasteiger partial charge in [0.1, 0.15) is 12.4 Å². The maximum absolute atomic E-state index is 13.6. The van der Waals surface area contributed by atoms with Crippen LogP contribution in [0.15, 0.2) is 48.5 Å². The molecule has 0 saturated heterocycles. The van der Waals surface area contributed by atoms with Crippen LogP contribution >= 0.6 is 9.24 Å². The van der Waals surface area contributed by atoms with Crippen LogP contribution in [-0.4, -0.2) is 72.8 Å². The number of phenolic OH excluding ortho intramolecular Hbond substituents is 1. The number of carboxylic acids is 1. The second kappa shape index (κ2) is 12.9. The van der Waals surface area contributed by atoms with Crippen molar-refractivity contribution in [3.05, 3.63) is 65.4 Å². The normalized spacial score (nSPS) is 12.8. The number of aliphatic hydroxyl groups is 2. The number of aromatic nitrogens is 2. The molecular weight excluding hydrogens is 509 g/mol. The summed E-state index contributed by atoms with van der Waals surface area (Å²) in [5, 5.41) is 44.3. The number of hydrogen-bond acceptors (Lipinski definition) is 7. The highest BCUT2D eigenvalue weighted by atomic mass is 31.0. The molecule has 0 fully saturated rings.